The van der Waals surface area contributed by atoms with Crippen molar-refractivity contribution in [1.29, 1.82) is 0 Å². The molecule has 0 atom stereocenters. The van der Waals surface area contributed by atoms with Crippen LogP contribution in [0, 0.1) is 0 Å². The molecule has 0 aromatic heterocycles. The lowest BCUT2D eigenvalue weighted by molar-refractivity contribution is 0.0725. The van der Waals surface area contributed by atoms with Gasteiger partial charge in [-0.2, -0.15) is 17.4 Å². The van der Waals surface area contributed by atoms with Gasteiger partial charge in [-0.25, -0.2) is 0 Å². The fourth-order valence-electron chi connectivity index (χ4n) is 1.95. The molecule has 1 aromatic carbocycles. The summed E-state index contributed by atoms with van der Waals surface area (Å²) in [5, 5.41) is 11.6. The van der Waals surface area contributed by atoms with E-state index in [0.29, 0.717) is 31.9 Å². The molecule has 0 bridgehead atoms. The number of nitrogens with one attached hydrogen (secondary N) is 1. The molecule has 2 rings (SSSR count). The van der Waals surface area contributed by atoms with Gasteiger partial charge in [0.1, 0.15) is 0 Å². The Hall–Kier alpha value is -1.68. The smallest absolute Gasteiger partial charge is 0.279 e. The lowest BCUT2D eigenvalue weighted by Gasteiger charge is -2.26. The van der Waals surface area contributed by atoms with Gasteiger partial charge in [0.25, 0.3) is 10.2 Å². The van der Waals surface area contributed by atoms with Crippen LogP contribution < -0.4 is 10.5 Å². The molecule has 0 aliphatic carbocycles. The summed E-state index contributed by atoms with van der Waals surface area (Å²) in [7, 11) is -3.53. The van der Waals surface area contributed by atoms with Gasteiger partial charge in [0.2, 0.25) is 0 Å². The Kier molecular flexibility index (Phi) is 5.12. The minimum Gasteiger partial charge on any atom is -0.409 e. The van der Waals surface area contributed by atoms with E-state index in [1.54, 1.807) is 24.3 Å². The standard InChI is InChI=1S/C12H18N4O4S/c13-12(15-17)11-3-1-2-10(8-11)9-14-21(18,19)16-4-6-20-7-5-16/h1-3,8,14,17H,4-7,9H2,(H2,13,15). The van der Waals surface area contributed by atoms with E-state index in [4.69, 9.17) is 15.7 Å². The zero-order valence-corrected chi connectivity index (χ0v) is 12.2. The largest absolute Gasteiger partial charge is 0.409 e. The first kappa shape index (κ1) is 15.7. The molecule has 0 saturated carbocycles. The van der Waals surface area contributed by atoms with Gasteiger partial charge in [0.05, 0.1) is 13.2 Å². The van der Waals surface area contributed by atoms with Crippen molar-refractivity contribution in [1.82, 2.24) is 9.03 Å². The fourth-order valence-corrected chi connectivity index (χ4v) is 3.11. The molecule has 116 valence electrons. The third-order valence-corrected chi connectivity index (χ3v) is 4.65. The van der Waals surface area contributed by atoms with E-state index in [2.05, 4.69) is 9.88 Å². The zero-order valence-electron chi connectivity index (χ0n) is 11.4. The summed E-state index contributed by atoms with van der Waals surface area (Å²) in [6.45, 7) is 1.63. The zero-order chi connectivity index (χ0) is 15.3. The van der Waals surface area contributed by atoms with Gasteiger partial charge < -0.3 is 15.7 Å². The topological polar surface area (TPSA) is 117 Å². The first-order chi connectivity index (χ1) is 10.0. The summed E-state index contributed by atoms with van der Waals surface area (Å²) >= 11 is 0. The average Bonchev–Trinajstić information content (AvgIpc) is 2.53. The normalized spacial score (nSPS) is 17.8. The lowest BCUT2D eigenvalue weighted by Crippen LogP contribution is -2.46. The monoisotopic (exact) mass is 314 g/mol. The maximum absolute atomic E-state index is 12.1. The summed E-state index contributed by atoms with van der Waals surface area (Å²) in [5.41, 5.74) is 6.75. The highest BCUT2D eigenvalue weighted by Crippen LogP contribution is 2.08. The van der Waals surface area contributed by atoms with Gasteiger partial charge in [-0.3, -0.25) is 0 Å². The van der Waals surface area contributed by atoms with Gasteiger partial charge in [-0.15, -0.1) is 0 Å². The molecule has 0 amide bonds. The van der Waals surface area contributed by atoms with Crippen molar-refractivity contribution in [3.8, 4) is 0 Å². The molecular weight excluding hydrogens is 296 g/mol. The number of nitrogens with two attached hydrogens (primary N) is 1. The SMILES string of the molecule is NC(=NO)c1cccc(CNS(=O)(=O)N2CCOCC2)c1. The summed E-state index contributed by atoms with van der Waals surface area (Å²) in [5.74, 6) is -0.0205. The molecule has 1 saturated heterocycles. The predicted octanol–water partition coefficient (Wildman–Crippen LogP) is -0.552. The van der Waals surface area contributed by atoms with Crippen molar-refractivity contribution in [3.63, 3.8) is 0 Å². The Balaban J connectivity index is 2.02. The van der Waals surface area contributed by atoms with Gasteiger partial charge in [0, 0.05) is 25.2 Å². The molecule has 1 fully saturated rings. The van der Waals surface area contributed by atoms with E-state index in [1.165, 1.54) is 4.31 Å². The highest BCUT2D eigenvalue weighted by molar-refractivity contribution is 7.87. The van der Waals surface area contributed by atoms with Crippen LogP contribution in [0.3, 0.4) is 0 Å². The van der Waals surface area contributed by atoms with Crippen molar-refractivity contribution in [2.24, 2.45) is 10.9 Å². The highest BCUT2D eigenvalue weighted by atomic mass is 32.2. The third kappa shape index (κ3) is 4.14. The molecule has 9 heteroatoms. The Morgan fingerprint density at radius 3 is 2.81 bits per heavy atom. The van der Waals surface area contributed by atoms with Crippen LogP contribution in [0.4, 0.5) is 0 Å². The molecule has 4 N–H and O–H groups in total. The number of amidine groups is 1. The Bertz CT molecular complexity index is 611. The van der Waals surface area contributed by atoms with E-state index >= 15 is 0 Å². The number of morpholine rings is 1. The summed E-state index contributed by atoms with van der Waals surface area (Å²) in [4.78, 5) is 0. The van der Waals surface area contributed by atoms with Gasteiger partial charge >= 0.3 is 0 Å². The number of benzene rings is 1. The molecular formula is C12H18N4O4S. The van der Waals surface area contributed by atoms with Crippen LogP contribution in [0.5, 0.6) is 0 Å². The second-order valence-electron chi connectivity index (χ2n) is 4.52. The van der Waals surface area contributed by atoms with Crippen molar-refractivity contribution in [3.05, 3.63) is 35.4 Å². The van der Waals surface area contributed by atoms with E-state index in [9.17, 15) is 8.42 Å². The average molecular weight is 314 g/mol. The molecule has 1 heterocycles. The number of rotatable bonds is 5. The molecule has 1 aromatic rings. The van der Waals surface area contributed by atoms with E-state index < -0.39 is 10.2 Å². The van der Waals surface area contributed by atoms with Gasteiger partial charge in [0.15, 0.2) is 5.84 Å². The minimum absolute atomic E-state index is 0.0205. The highest BCUT2D eigenvalue weighted by Gasteiger charge is 2.23. The molecule has 21 heavy (non-hydrogen) atoms. The second-order valence-corrected chi connectivity index (χ2v) is 6.28. The number of hydrogen-bond acceptors (Lipinski definition) is 5. The predicted molar refractivity (Wildman–Crippen MR) is 77.1 cm³/mol. The van der Waals surface area contributed by atoms with Crippen molar-refractivity contribution in [2.45, 2.75) is 6.54 Å². The molecule has 8 nitrogen and oxygen atoms in total. The van der Waals surface area contributed by atoms with Crippen LogP contribution in [0.25, 0.3) is 0 Å². The molecule has 0 spiro atoms. The van der Waals surface area contributed by atoms with Crippen LogP contribution in [0.2, 0.25) is 0 Å². The lowest BCUT2D eigenvalue weighted by atomic mass is 10.1. The Morgan fingerprint density at radius 1 is 1.43 bits per heavy atom. The quantitative estimate of drug-likeness (QED) is 0.292. The van der Waals surface area contributed by atoms with Crippen LogP contribution in [-0.4, -0.2) is 50.1 Å². The molecule has 0 unspecified atom stereocenters. The maximum atomic E-state index is 12.1. The van der Waals surface area contributed by atoms with Crippen LogP contribution in [0.15, 0.2) is 29.4 Å². The van der Waals surface area contributed by atoms with Crippen molar-refractivity contribution in [2.75, 3.05) is 26.3 Å². The van der Waals surface area contributed by atoms with Gasteiger partial charge in [-0.1, -0.05) is 23.4 Å². The maximum Gasteiger partial charge on any atom is 0.279 e. The number of hydrogen-bond donors (Lipinski definition) is 3. The minimum atomic E-state index is -3.53. The van der Waals surface area contributed by atoms with Crippen LogP contribution >= 0.6 is 0 Å². The fraction of sp³-hybridized carbons (Fsp3) is 0.417. The third-order valence-electron chi connectivity index (χ3n) is 3.10. The number of nitrogens with zero attached hydrogens (tertiary/aromatic N) is 2. The molecule has 1 aliphatic heterocycles. The number of oxime groups is 1. The van der Waals surface area contributed by atoms with Crippen molar-refractivity contribution < 1.29 is 18.4 Å². The van der Waals surface area contributed by atoms with E-state index in [-0.39, 0.29) is 12.4 Å². The van der Waals surface area contributed by atoms with E-state index in [0.717, 1.165) is 5.56 Å². The van der Waals surface area contributed by atoms with E-state index in [1.807, 2.05) is 0 Å². The van der Waals surface area contributed by atoms with Gasteiger partial charge in [-0.05, 0) is 11.6 Å². The summed E-state index contributed by atoms with van der Waals surface area (Å²) in [6, 6.07) is 6.81. The summed E-state index contributed by atoms with van der Waals surface area (Å²) < 4.78 is 33.2. The molecule has 1 aliphatic rings. The van der Waals surface area contributed by atoms with Crippen LogP contribution in [-0.2, 0) is 21.5 Å². The first-order valence-electron chi connectivity index (χ1n) is 6.42. The molecule has 0 radical (unpaired) electrons. The Morgan fingerprint density at radius 2 is 2.14 bits per heavy atom. The Labute approximate surface area is 123 Å². The second kappa shape index (κ2) is 6.85. The summed E-state index contributed by atoms with van der Waals surface area (Å²) in [6.07, 6.45) is 0. The van der Waals surface area contributed by atoms with Crippen LogP contribution in [0.1, 0.15) is 11.1 Å². The first-order valence-corrected chi connectivity index (χ1v) is 7.86. The van der Waals surface area contributed by atoms with Crippen molar-refractivity contribution >= 4 is 16.0 Å². The number of ether oxygens (including phenoxy) is 1.